The molecule has 0 saturated heterocycles. The Hall–Kier alpha value is -1.03. The number of hydrogen-bond acceptors (Lipinski definition) is 1. The Labute approximate surface area is 94.5 Å². The van der Waals surface area contributed by atoms with Crippen LogP contribution in [0.15, 0.2) is 24.3 Å². The molecule has 1 unspecified atom stereocenters. The molecular weight excluding hydrogens is 182 g/mol. The van der Waals surface area contributed by atoms with Crippen molar-refractivity contribution in [2.45, 2.75) is 52.4 Å². The van der Waals surface area contributed by atoms with Crippen molar-refractivity contribution in [2.24, 2.45) is 5.92 Å². The minimum atomic E-state index is 0.674. The molecule has 0 aromatic carbocycles. The van der Waals surface area contributed by atoms with Gasteiger partial charge in [0.25, 0.3) is 0 Å². The van der Waals surface area contributed by atoms with E-state index in [4.69, 9.17) is 5.26 Å². The van der Waals surface area contributed by atoms with Gasteiger partial charge in [0, 0.05) is 6.42 Å². The first kappa shape index (κ1) is 14.0. The van der Waals surface area contributed by atoms with Crippen molar-refractivity contribution in [3.05, 3.63) is 24.3 Å². The molecule has 0 aliphatic rings. The van der Waals surface area contributed by atoms with Crippen LogP contribution in [0.5, 0.6) is 0 Å². The van der Waals surface area contributed by atoms with Crippen LogP contribution in [0.3, 0.4) is 0 Å². The van der Waals surface area contributed by atoms with Gasteiger partial charge < -0.3 is 0 Å². The Morgan fingerprint density at radius 1 is 1.40 bits per heavy atom. The molecular formula is C14H23N. The summed E-state index contributed by atoms with van der Waals surface area (Å²) in [5, 5.41) is 8.45. The van der Waals surface area contributed by atoms with E-state index in [0.29, 0.717) is 12.3 Å². The van der Waals surface area contributed by atoms with Crippen LogP contribution < -0.4 is 0 Å². The molecule has 0 bridgehead atoms. The summed E-state index contributed by atoms with van der Waals surface area (Å²) in [6.45, 7) is 8.13. The molecule has 0 aliphatic carbocycles. The van der Waals surface area contributed by atoms with Gasteiger partial charge in [-0.3, -0.25) is 0 Å². The molecule has 0 amide bonds. The molecule has 0 rings (SSSR count). The molecule has 1 heteroatoms. The molecule has 0 N–H and O–H groups in total. The van der Waals surface area contributed by atoms with Crippen molar-refractivity contribution in [1.29, 1.82) is 5.26 Å². The lowest BCUT2D eigenvalue weighted by Gasteiger charge is -2.07. The van der Waals surface area contributed by atoms with Gasteiger partial charge in [-0.05, 0) is 44.9 Å². The third-order valence-corrected chi connectivity index (χ3v) is 2.64. The highest BCUT2D eigenvalue weighted by Gasteiger charge is 1.99. The highest BCUT2D eigenvalue weighted by molar-refractivity contribution is 4.99. The maximum atomic E-state index is 8.45. The SMILES string of the molecule is C=CCCC(C)=CCCC(C)CCC#N. The smallest absolute Gasteiger partial charge is 0.0621 e. The van der Waals surface area contributed by atoms with Crippen LogP contribution in [0.1, 0.15) is 52.4 Å². The van der Waals surface area contributed by atoms with E-state index in [0.717, 1.165) is 25.7 Å². The van der Waals surface area contributed by atoms with Gasteiger partial charge in [-0.2, -0.15) is 5.26 Å². The molecule has 1 atom stereocenters. The average Bonchev–Trinajstić information content (AvgIpc) is 2.23. The van der Waals surface area contributed by atoms with Gasteiger partial charge in [-0.25, -0.2) is 0 Å². The lowest BCUT2D eigenvalue weighted by molar-refractivity contribution is 0.503. The average molecular weight is 205 g/mol. The molecule has 0 saturated carbocycles. The number of nitriles is 1. The summed E-state index contributed by atoms with van der Waals surface area (Å²) in [5.41, 5.74) is 1.46. The van der Waals surface area contributed by atoms with E-state index in [1.165, 1.54) is 12.0 Å². The summed E-state index contributed by atoms with van der Waals surface area (Å²) in [4.78, 5) is 0. The fraction of sp³-hybridized carbons (Fsp3) is 0.643. The molecule has 1 nitrogen and oxygen atoms in total. The van der Waals surface area contributed by atoms with E-state index in [1.807, 2.05) is 6.08 Å². The van der Waals surface area contributed by atoms with Crippen LogP contribution in [-0.2, 0) is 0 Å². The first-order valence-corrected chi connectivity index (χ1v) is 5.84. The van der Waals surface area contributed by atoms with Gasteiger partial charge >= 0.3 is 0 Å². The molecule has 0 heterocycles. The normalized spacial score (nSPS) is 13.3. The van der Waals surface area contributed by atoms with Crippen molar-refractivity contribution in [1.82, 2.24) is 0 Å². The van der Waals surface area contributed by atoms with Crippen molar-refractivity contribution in [3.63, 3.8) is 0 Å². The zero-order valence-corrected chi connectivity index (χ0v) is 10.1. The summed E-state index contributed by atoms with van der Waals surface area (Å²) in [6.07, 6.45) is 10.6. The molecule has 84 valence electrons. The van der Waals surface area contributed by atoms with E-state index in [-0.39, 0.29) is 0 Å². The monoisotopic (exact) mass is 205 g/mol. The summed E-state index contributed by atoms with van der Waals surface area (Å²) in [5.74, 6) is 0.674. The number of rotatable bonds is 8. The summed E-state index contributed by atoms with van der Waals surface area (Å²) in [6, 6.07) is 2.20. The van der Waals surface area contributed by atoms with Gasteiger partial charge in [-0.1, -0.05) is 24.6 Å². The Morgan fingerprint density at radius 3 is 2.73 bits per heavy atom. The van der Waals surface area contributed by atoms with Crippen LogP contribution in [0, 0.1) is 17.2 Å². The number of allylic oxidation sites excluding steroid dienone is 3. The fourth-order valence-electron chi connectivity index (χ4n) is 1.50. The van der Waals surface area contributed by atoms with Gasteiger partial charge in [0.15, 0.2) is 0 Å². The van der Waals surface area contributed by atoms with Gasteiger partial charge in [0.1, 0.15) is 0 Å². The summed E-state index contributed by atoms with van der Waals surface area (Å²) in [7, 11) is 0. The number of nitrogens with zero attached hydrogens (tertiary/aromatic N) is 1. The van der Waals surface area contributed by atoms with Crippen LogP contribution >= 0.6 is 0 Å². The fourth-order valence-corrected chi connectivity index (χ4v) is 1.50. The molecule has 0 aromatic heterocycles. The predicted molar refractivity (Wildman–Crippen MR) is 66.4 cm³/mol. The molecule has 15 heavy (non-hydrogen) atoms. The van der Waals surface area contributed by atoms with E-state index >= 15 is 0 Å². The Balaban J connectivity index is 3.58. The third-order valence-electron chi connectivity index (χ3n) is 2.64. The van der Waals surface area contributed by atoms with Crippen LogP contribution in [0.2, 0.25) is 0 Å². The first-order chi connectivity index (χ1) is 7.20. The zero-order chi connectivity index (χ0) is 11.5. The first-order valence-electron chi connectivity index (χ1n) is 5.84. The molecule has 0 radical (unpaired) electrons. The second-order valence-electron chi connectivity index (χ2n) is 4.26. The van der Waals surface area contributed by atoms with Gasteiger partial charge in [-0.15, -0.1) is 6.58 Å². The van der Waals surface area contributed by atoms with Crippen molar-refractivity contribution >= 4 is 0 Å². The van der Waals surface area contributed by atoms with Crippen LogP contribution in [-0.4, -0.2) is 0 Å². The lowest BCUT2D eigenvalue weighted by atomic mass is 9.99. The maximum absolute atomic E-state index is 8.45. The largest absolute Gasteiger partial charge is 0.198 e. The zero-order valence-electron chi connectivity index (χ0n) is 10.1. The predicted octanol–water partition coefficient (Wildman–Crippen LogP) is 4.62. The third kappa shape index (κ3) is 9.28. The van der Waals surface area contributed by atoms with Crippen LogP contribution in [0.25, 0.3) is 0 Å². The van der Waals surface area contributed by atoms with Crippen molar-refractivity contribution in [2.75, 3.05) is 0 Å². The highest BCUT2D eigenvalue weighted by Crippen LogP contribution is 2.14. The Morgan fingerprint density at radius 2 is 2.13 bits per heavy atom. The Kier molecular flexibility index (Phi) is 8.87. The molecule has 0 spiro atoms. The molecule has 0 aromatic rings. The minimum absolute atomic E-state index is 0.674. The quantitative estimate of drug-likeness (QED) is 0.530. The standard InChI is InChI=1S/C14H23N/c1-4-5-8-13(2)9-6-10-14(3)11-7-12-15/h4,9,14H,1,5-8,10-11H2,2-3H3. The van der Waals surface area contributed by atoms with Crippen LogP contribution in [0.4, 0.5) is 0 Å². The van der Waals surface area contributed by atoms with Gasteiger partial charge in [0.2, 0.25) is 0 Å². The highest BCUT2D eigenvalue weighted by atomic mass is 14.2. The summed E-state index contributed by atoms with van der Waals surface area (Å²) < 4.78 is 0. The van der Waals surface area contributed by atoms with Gasteiger partial charge in [0.05, 0.1) is 6.07 Å². The van der Waals surface area contributed by atoms with E-state index < -0.39 is 0 Å². The van der Waals surface area contributed by atoms with Crippen molar-refractivity contribution < 1.29 is 0 Å². The second kappa shape index (κ2) is 9.52. The topological polar surface area (TPSA) is 23.8 Å². The molecule has 0 aliphatic heterocycles. The van der Waals surface area contributed by atoms with E-state index in [2.05, 4.69) is 32.6 Å². The maximum Gasteiger partial charge on any atom is 0.0621 e. The van der Waals surface area contributed by atoms with E-state index in [9.17, 15) is 0 Å². The second-order valence-corrected chi connectivity index (χ2v) is 4.26. The summed E-state index contributed by atoms with van der Waals surface area (Å²) >= 11 is 0. The van der Waals surface area contributed by atoms with Crippen molar-refractivity contribution in [3.8, 4) is 6.07 Å². The lowest BCUT2D eigenvalue weighted by Crippen LogP contribution is -1.93. The minimum Gasteiger partial charge on any atom is -0.198 e. The number of hydrogen-bond donors (Lipinski definition) is 0. The molecule has 0 fully saturated rings. The Bertz CT molecular complexity index is 232. The van der Waals surface area contributed by atoms with E-state index in [1.54, 1.807) is 0 Å².